The summed E-state index contributed by atoms with van der Waals surface area (Å²) in [5.74, 6) is 0.466. The number of halogens is 4. The molecule has 0 aliphatic carbocycles. The predicted octanol–water partition coefficient (Wildman–Crippen LogP) is 3.89. The topological polar surface area (TPSA) is 9.23 Å². The van der Waals surface area contributed by atoms with Gasteiger partial charge in [0, 0.05) is 17.9 Å². The number of alkyl halides is 4. The molecule has 0 N–H and O–H groups in total. The Balaban J connectivity index is 2.11. The molecular formula is C13H14ClF3O. The smallest absolute Gasteiger partial charge is 0.381 e. The molecule has 1 atom stereocenters. The van der Waals surface area contributed by atoms with Crippen molar-refractivity contribution in [3.05, 3.63) is 35.4 Å². The summed E-state index contributed by atoms with van der Waals surface area (Å²) in [5.41, 5.74) is 0.129. The lowest BCUT2D eigenvalue weighted by Gasteiger charge is -2.24. The molecule has 1 saturated heterocycles. The third kappa shape index (κ3) is 2.98. The second-order valence-electron chi connectivity index (χ2n) is 4.81. The van der Waals surface area contributed by atoms with E-state index in [1.807, 2.05) is 0 Å². The number of hydrogen-bond acceptors (Lipinski definition) is 1. The Morgan fingerprint density at radius 2 is 1.89 bits per heavy atom. The van der Waals surface area contributed by atoms with Crippen LogP contribution in [0, 0.1) is 5.41 Å². The standard InChI is InChI=1S/C13H14ClF3O/c14-8-12(5-6-18-9-12)7-10-1-3-11(4-2-10)13(15,16)17/h1-4H,5-9H2. The molecular weight excluding hydrogens is 265 g/mol. The summed E-state index contributed by atoms with van der Waals surface area (Å²) in [7, 11) is 0. The first kappa shape index (κ1) is 13.7. The van der Waals surface area contributed by atoms with Gasteiger partial charge < -0.3 is 4.74 Å². The van der Waals surface area contributed by atoms with Crippen molar-refractivity contribution in [3.8, 4) is 0 Å². The summed E-state index contributed by atoms with van der Waals surface area (Å²) in [6, 6.07) is 5.28. The molecule has 1 nitrogen and oxygen atoms in total. The van der Waals surface area contributed by atoms with Crippen LogP contribution in [0.1, 0.15) is 17.5 Å². The summed E-state index contributed by atoms with van der Waals surface area (Å²) in [6.45, 7) is 1.25. The second-order valence-corrected chi connectivity index (χ2v) is 5.07. The monoisotopic (exact) mass is 278 g/mol. The minimum absolute atomic E-state index is 0.124. The fraction of sp³-hybridized carbons (Fsp3) is 0.538. The van der Waals surface area contributed by atoms with Gasteiger partial charge in [0.25, 0.3) is 0 Å². The summed E-state index contributed by atoms with van der Waals surface area (Å²) in [5, 5.41) is 0. The van der Waals surface area contributed by atoms with E-state index in [9.17, 15) is 13.2 Å². The van der Waals surface area contributed by atoms with E-state index in [0.717, 1.165) is 24.1 Å². The van der Waals surface area contributed by atoms with Crippen molar-refractivity contribution in [2.75, 3.05) is 19.1 Å². The summed E-state index contributed by atoms with van der Waals surface area (Å²) >= 11 is 5.96. The van der Waals surface area contributed by atoms with Crippen molar-refractivity contribution in [2.45, 2.75) is 19.0 Å². The van der Waals surface area contributed by atoms with Crippen LogP contribution in [0.25, 0.3) is 0 Å². The van der Waals surface area contributed by atoms with Gasteiger partial charge in [0.2, 0.25) is 0 Å². The fourth-order valence-electron chi connectivity index (χ4n) is 2.19. The van der Waals surface area contributed by atoms with Gasteiger partial charge in [-0.15, -0.1) is 11.6 Å². The lowest BCUT2D eigenvalue weighted by Crippen LogP contribution is -2.26. The molecule has 1 aromatic rings. The van der Waals surface area contributed by atoms with Gasteiger partial charge in [-0.2, -0.15) is 13.2 Å². The fourth-order valence-corrected chi connectivity index (χ4v) is 2.49. The Morgan fingerprint density at radius 1 is 1.22 bits per heavy atom. The summed E-state index contributed by atoms with van der Waals surface area (Å²) in [4.78, 5) is 0. The lowest BCUT2D eigenvalue weighted by atomic mass is 9.83. The number of ether oxygens (including phenoxy) is 1. The van der Waals surface area contributed by atoms with Gasteiger partial charge >= 0.3 is 6.18 Å². The molecule has 100 valence electrons. The van der Waals surface area contributed by atoms with E-state index in [1.54, 1.807) is 0 Å². The van der Waals surface area contributed by atoms with Gasteiger partial charge in [0.15, 0.2) is 0 Å². The Hall–Kier alpha value is -0.740. The predicted molar refractivity (Wildman–Crippen MR) is 63.7 cm³/mol. The van der Waals surface area contributed by atoms with Gasteiger partial charge in [-0.1, -0.05) is 12.1 Å². The van der Waals surface area contributed by atoms with Gasteiger partial charge in [0.05, 0.1) is 12.2 Å². The highest BCUT2D eigenvalue weighted by Crippen LogP contribution is 2.35. The zero-order valence-electron chi connectivity index (χ0n) is 9.77. The van der Waals surface area contributed by atoms with E-state index in [2.05, 4.69) is 0 Å². The van der Waals surface area contributed by atoms with Crippen molar-refractivity contribution in [1.29, 1.82) is 0 Å². The van der Waals surface area contributed by atoms with E-state index in [0.29, 0.717) is 25.5 Å². The number of benzene rings is 1. The maximum absolute atomic E-state index is 12.4. The highest BCUT2D eigenvalue weighted by atomic mass is 35.5. The Bertz CT molecular complexity index is 394. The first-order chi connectivity index (χ1) is 8.45. The van der Waals surface area contributed by atoms with E-state index in [1.165, 1.54) is 12.1 Å². The minimum Gasteiger partial charge on any atom is -0.381 e. The van der Waals surface area contributed by atoms with E-state index in [4.69, 9.17) is 16.3 Å². The number of rotatable bonds is 3. The van der Waals surface area contributed by atoms with Crippen LogP contribution in [-0.2, 0) is 17.3 Å². The average Bonchev–Trinajstić information content (AvgIpc) is 2.78. The van der Waals surface area contributed by atoms with Crippen LogP contribution in [0.15, 0.2) is 24.3 Å². The van der Waals surface area contributed by atoms with Crippen molar-refractivity contribution >= 4 is 11.6 Å². The van der Waals surface area contributed by atoms with Gasteiger partial charge in [-0.25, -0.2) is 0 Å². The SMILES string of the molecule is FC(F)(F)c1ccc(CC2(CCl)CCOC2)cc1. The van der Waals surface area contributed by atoms with E-state index in [-0.39, 0.29) is 5.41 Å². The highest BCUT2D eigenvalue weighted by molar-refractivity contribution is 6.18. The maximum Gasteiger partial charge on any atom is 0.416 e. The van der Waals surface area contributed by atoms with Crippen molar-refractivity contribution in [1.82, 2.24) is 0 Å². The maximum atomic E-state index is 12.4. The normalized spacial score (nSPS) is 24.4. The Kier molecular flexibility index (Phi) is 3.87. The van der Waals surface area contributed by atoms with Gasteiger partial charge in [-0.3, -0.25) is 0 Å². The quantitative estimate of drug-likeness (QED) is 0.762. The molecule has 1 unspecified atom stereocenters. The largest absolute Gasteiger partial charge is 0.416 e. The molecule has 18 heavy (non-hydrogen) atoms. The van der Waals surface area contributed by atoms with Crippen LogP contribution in [0.4, 0.5) is 13.2 Å². The van der Waals surface area contributed by atoms with Crippen LogP contribution >= 0.6 is 11.6 Å². The van der Waals surface area contributed by atoms with Crippen LogP contribution in [0.5, 0.6) is 0 Å². The molecule has 0 aromatic heterocycles. The van der Waals surface area contributed by atoms with Crippen LogP contribution in [0.2, 0.25) is 0 Å². The molecule has 1 aliphatic rings. The molecule has 1 aliphatic heterocycles. The van der Waals surface area contributed by atoms with Crippen LogP contribution in [0.3, 0.4) is 0 Å². The lowest BCUT2D eigenvalue weighted by molar-refractivity contribution is -0.137. The molecule has 0 spiro atoms. The average molecular weight is 279 g/mol. The minimum atomic E-state index is -4.28. The molecule has 0 radical (unpaired) electrons. The third-order valence-electron chi connectivity index (χ3n) is 3.33. The number of hydrogen-bond donors (Lipinski definition) is 0. The summed E-state index contributed by atoms with van der Waals surface area (Å²) < 4.78 is 42.6. The second kappa shape index (κ2) is 5.10. The van der Waals surface area contributed by atoms with Crippen molar-refractivity contribution < 1.29 is 17.9 Å². The van der Waals surface area contributed by atoms with Gasteiger partial charge in [0.1, 0.15) is 0 Å². The van der Waals surface area contributed by atoms with E-state index >= 15 is 0 Å². The molecule has 1 fully saturated rings. The van der Waals surface area contributed by atoms with E-state index < -0.39 is 11.7 Å². The van der Waals surface area contributed by atoms with Crippen molar-refractivity contribution in [2.24, 2.45) is 5.41 Å². The molecule has 5 heteroatoms. The highest BCUT2D eigenvalue weighted by Gasteiger charge is 2.35. The zero-order chi connectivity index (χ0) is 13.2. The first-order valence-electron chi connectivity index (χ1n) is 5.75. The molecule has 1 aromatic carbocycles. The summed E-state index contributed by atoms with van der Waals surface area (Å²) in [6.07, 6.45) is -2.76. The molecule has 0 bridgehead atoms. The van der Waals surface area contributed by atoms with Gasteiger partial charge in [-0.05, 0) is 30.5 Å². The molecule has 0 saturated carbocycles. The van der Waals surface area contributed by atoms with Crippen LogP contribution in [-0.4, -0.2) is 19.1 Å². The first-order valence-corrected chi connectivity index (χ1v) is 6.29. The van der Waals surface area contributed by atoms with Crippen LogP contribution < -0.4 is 0 Å². The Labute approximate surface area is 109 Å². The molecule has 1 heterocycles. The molecule has 0 amide bonds. The zero-order valence-corrected chi connectivity index (χ0v) is 10.5. The Morgan fingerprint density at radius 3 is 2.33 bits per heavy atom. The molecule has 2 rings (SSSR count). The van der Waals surface area contributed by atoms with Crippen molar-refractivity contribution in [3.63, 3.8) is 0 Å². The third-order valence-corrected chi connectivity index (χ3v) is 3.90.